The van der Waals surface area contributed by atoms with Crippen LogP contribution in [0.1, 0.15) is 44.6 Å². The van der Waals surface area contributed by atoms with E-state index in [2.05, 4.69) is 12.1 Å². The van der Waals surface area contributed by atoms with E-state index in [1.54, 1.807) is 7.11 Å². The normalized spacial score (nSPS) is 24.0. The summed E-state index contributed by atoms with van der Waals surface area (Å²) in [6.45, 7) is 2.79. The monoisotopic (exact) mass is 384 g/mol. The molecule has 2 fully saturated rings. The summed E-state index contributed by atoms with van der Waals surface area (Å²) < 4.78 is 17.1. The number of ether oxygens (including phenoxy) is 3. The third-order valence-corrected chi connectivity index (χ3v) is 8.11. The topological polar surface area (TPSA) is 47.9 Å². The van der Waals surface area contributed by atoms with Crippen molar-refractivity contribution in [1.29, 1.82) is 0 Å². The number of aliphatic hydroxyl groups excluding tert-OH is 1. The summed E-state index contributed by atoms with van der Waals surface area (Å²) in [6.07, 6.45) is 4.22. The molecule has 25 heavy (non-hydrogen) atoms. The van der Waals surface area contributed by atoms with Crippen LogP contribution < -0.4 is 9.47 Å². The molecule has 2 heterocycles. The molecular formula is C19H28O4S2. The first-order valence-corrected chi connectivity index (χ1v) is 11.1. The fraction of sp³-hybridized carbons (Fsp3) is 0.684. The van der Waals surface area contributed by atoms with Crippen molar-refractivity contribution in [3.05, 3.63) is 23.8 Å². The highest BCUT2D eigenvalue weighted by Crippen LogP contribution is 2.54. The molecule has 6 heteroatoms. The van der Waals surface area contributed by atoms with Gasteiger partial charge in [-0.2, -0.15) is 0 Å². The van der Waals surface area contributed by atoms with Gasteiger partial charge in [0, 0.05) is 12.8 Å². The molecule has 2 atom stereocenters. The molecule has 4 nitrogen and oxygen atoms in total. The zero-order chi connectivity index (χ0) is 17.7. The summed E-state index contributed by atoms with van der Waals surface area (Å²) in [6, 6.07) is 6.19. The van der Waals surface area contributed by atoms with E-state index in [4.69, 9.17) is 14.2 Å². The van der Waals surface area contributed by atoms with Gasteiger partial charge in [-0.1, -0.05) is 13.0 Å². The molecule has 3 rings (SSSR count). The quantitative estimate of drug-likeness (QED) is 0.752. The molecule has 1 aromatic carbocycles. The molecule has 0 spiro atoms. The third-order valence-electron chi connectivity index (χ3n) is 4.68. The molecule has 2 aliphatic heterocycles. The maximum absolute atomic E-state index is 10.3. The van der Waals surface area contributed by atoms with Crippen LogP contribution in [0.2, 0.25) is 0 Å². The molecule has 140 valence electrons. The fourth-order valence-corrected chi connectivity index (χ4v) is 6.68. The Labute approximate surface area is 159 Å². The summed E-state index contributed by atoms with van der Waals surface area (Å²) in [7, 11) is 1.66. The minimum Gasteiger partial charge on any atom is -0.493 e. The van der Waals surface area contributed by atoms with Crippen molar-refractivity contribution in [2.75, 3.05) is 25.2 Å². The van der Waals surface area contributed by atoms with Crippen LogP contribution in [0.15, 0.2) is 18.2 Å². The average Bonchev–Trinajstić information content (AvgIpc) is 3.15. The van der Waals surface area contributed by atoms with Crippen LogP contribution in [-0.2, 0) is 8.82 Å². The molecule has 2 aliphatic rings. The lowest BCUT2D eigenvalue weighted by molar-refractivity contribution is -0.0403. The van der Waals surface area contributed by atoms with Gasteiger partial charge in [0.25, 0.3) is 0 Å². The largest absolute Gasteiger partial charge is 0.493 e. The first kappa shape index (κ1) is 19.2. The molecule has 0 aliphatic carbocycles. The summed E-state index contributed by atoms with van der Waals surface area (Å²) >= 11 is 3.90. The van der Waals surface area contributed by atoms with E-state index in [0.717, 1.165) is 55.3 Å². The van der Waals surface area contributed by atoms with Gasteiger partial charge >= 0.3 is 0 Å². The summed E-state index contributed by atoms with van der Waals surface area (Å²) in [4.78, 5) is 0. The zero-order valence-electron chi connectivity index (χ0n) is 15.0. The van der Waals surface area contributed by atoms with Gasteiger partial charge in [0.2, 0.25) is 0 Å². The van der Waals surface area contributed by atoms with Gasteiger partial charge in [-0.3, -0.25) is 0 Å². The summed E-state index contributed by atoms with van der Waals surface area (Å²) in [5.74, 6) is 3.72. The van der Waals surface area contributed by atoms with Crippen LogP contribution in [0.25, 0.3) is 0 Å². The van der Waals surface area contributed by atoms with Crippen molar-refractivity contribution in [2.24, 2.45) is 0 Å². The molecule has 2 saturated heterocycles. The van der Waals surface area contributed by atoms with Gasteiger partial charge in [-0.05, 0) is 48.5 Å². The molecule has 0 amide bonds. The molecule has 1 aromatic rings. The summed E-state index contributed by atoms with van der Waals surface area (Å²) in [5.41, 5.74) is 1.20. The number of hydrogen-bond acceptors (Lipinski definition) is 6. The highest BCUT2D eigenvalue weighted by atomic mass is 32.2. The Morgan fingerprint density at radius 2 is 2.08 bits per heavy atom. The first-order chi connectivity index (χ1) is 12.2. The fourth-order valence-electron chi connectivity index (χ4n) is 3.22. The Morgan fingerprint density at radius 3 is 2.72 bits per heavy atom. The van der Waals surface area contributed by atoms with Crippen molar-refractivity contribution >= 4 is 23.5 Å². The van der Waals surface area contributed by atoms with Gasteiger partial charge in [0.1, 0.15) is 0 Å². The molecule has 0 radical (unpaired) electrons. The number of thioether (sulfide) groups is 2. The second kappa shape index (κ2) is 8.89. The lowest BCUT2D eigenvalue weighted by Crippen LogP contribution is -2.28. The molecule has 2 unspecified atom stereocenters. The van der Waals surface area contributed by atoms with E-state index < -0.39 is 0 Å². The minimum atomic E-state index is -0.289. The van der Waals surface area contributed by atoms with Crippen molar-refractivity contribution in [3.8, 4) is 11.5 Å². The Morgan fingerprint density at radius 1 is 1.28 bits per heavy atom. The van der Waals surface area contributed by atoms with Gasteiger partial charge in [-0.15, -0.1) is 23.5 Å². The number of benzene rings is 1. The second-order valence-corrected chi connectivity index (χ2v) is 9.54. The predicted molar refractivity (Wildman–Crippen MR) is 105 cm³/mol. The van der Waals surface area contributed by atoms with Crippen molar-refractivity contribution in [3.63, 3.8) is 0 Å². The van der Waals surface area contributed by atoms with Gasteiger partial charge in [0.05, 0.1) is 23.9 Å². The van der Waals surface area contributed by atoms with Crippen molar-refractivity contribution in [2.45, 2.75) is 55.5 Å². The number of methoxy groups -OCH3 is 1. The lowest BCUT2D eigenvalue weighted by Gasteiger charge is -2.38. The van der Waals surface area contributed by atoms with Crippen LogP contribution >= 0.6 is 23.5 Å². The lowest BCUT2D eigenvalue weighted by atomic mass is 10.0. The van der Waals surface area contributed by atoms with E-state index >= 15 is 0 Å². The van der Waals surface area contributed by atoms with E-state index in [9.17, 15) is 5.11 Å². The van der Waals surface area contributed by atoms with Gasteiger partial charge < -0.3 is 19.3 Å². The van der Waals surface area contributed by atoms with Crippen LogP contribution in [-0.4, -0.2) is 42.7 Å². The van der Waals surface area contributed by atoms with E-state index in [1.165, 1.54) is 12.0 Å². The third kappa shape index (κ3) is 4.59. The zero-order valence-corrected chi connectivity index (χ0v) is 16.7. The van der Waals surface area contributed by atoms with Crippen LogP contribution in [0.4, 0.5) is 0 Å². The SMILES string of the molecule is CCC(O)CC1(c2ccc(OC)c(OC3CCCO3)c2)SCCCS1. The molecule has 0 aromatic heterocycles. The van der Waals surface area contributed by atoms with Crippen molar-refractivity contribution in [1.82, 2.24) is 0 Å². The maximum atomic E-state index is 10.3. The summed E-state index contributed by atoms with van der Waals surface area (Å²) in [5, 5.41) is 10.3. The van der Waals surface area contributed by atoms with Crippen LogP contribution in [0, 0.1) is 0 Å². The highest BCUT2D eigenvalue weighted by Gasteiger charge is 2.38. The number of hydrogen-bond donors (Lipinski definition) is 1. The van der Waals surface area contributed by atoms with Crippen LogP contribution in [0.3, 0.4) is 0 Å². The van der Waals surface area contributed by atoms with Gasteiger partial charge in [-0.25, -0.2) is 0 Å². The number of aliphatic hydroxyl groups is 1. The standard InChI is InChI=1S/C19H28O4S2/c1-3-15(20)13-19(24-10-5-11-25-19)14-7-8-16(21-2)17(12-14)23-18-6-4-9-22-18/h7-8,12,15,18,20H,3-6,9-11,13H2,1-2H3. The first-order valence-electron chi connectivity index (χ1n) is 9.09. The highest BCUT2D eigenvalue weighted by molar-refractivity contribution is 8.18. The van der Waals surface area contributed by atoms with Crippen LogP contribution in [0.5, 0.6) is 11.5 Å². The second-order valence-electron chi connectivity index (χ2n) is 6.50. The van der Waals surface area contributed by atoms with E-state index in [0.29, 0.717) is 0 Å². The molecule has 1 N–H and O–H groups in total. The molecular weight excluding hydrogens is 356 g/mol. The average molecular weight is 385 g/mol. The Balaban J connectivity index is 1.89. The van der Waals surface area contributed by atoms with E-state index in [1.807, 2.05) is 36.5 Å². The maximum Gasteiger partial charge on any atom is 0.200 e. The van der Waals surface area contributed by atoms with Gasteiger partial charge in [0.15, 0.2) is 17.8 Å². The molecule has 0 saturated carbocycles. The smallest absolute Gasteiger partial charge is 0.200 e. The Hall–Kier alpha value is -0.560. The van der Waals surface area contributed by atoms with E-state index in [-0.39, 0.29) is 16.5 Å². The Bertz CT molecular complexity index is 554. The Kier molecular flexibility index (Phi) is 6.83. The van der Waals surface area contributed by atoms with Crippen molar-refractivity contribution < 1.29 is 19.3 Å². The number of rotatable bonds is 7. The predicted octanol–water partition coefficient (Wildman–Crippen LogP) is 4.39. The molecule has 0 bridgehead atoms. The minimum absolute atomic E-state index is 0.116.